The summed E-state index contributed by atoms with van der Waals surface area (Å²) in [7, 11) is 0. The summed E-state index contributed by atoms with van der Waals surface area (Å²) in [5.74, 6) is -2.14. The van der Waals surface area contributed by atoms with Crippen LogP contribution in [0.1, 0.15) is 37.5 Å². The molecule has 2 fully saturated rings. The van der Waals surface area contributed by atoms with Gasteiger partial charge in [-0.1, -0.05) is 0 Å². The number of epoxide rings is 2. The van der Waals surface area contributed by atoms with Gasteiger partial charge in [0.15, 0.2) is 0 Å². The Morgan fingerprint density at radius 3 is 2.07 bits per heavy atom. The van der Waals surface area contributed by atoms with E-state index >= 15 is 0 Å². The summed E-state index contributed by atoms with van der Waals surface area (Å²) in [5.41, 5.74) is -0.0112. The van der Waals surface area contributed by atoms with Gasteiger partial charge in [-0.25, -0.2) is 14.4 Å². The van der Waals surface area contributed by atoms with Gasteiger partial charge in [0.05, 0.1) is 36.5 Å². The van der Waals surface area contributed by atoms with E-state index in [0.29, 0.717) is 19.6 Å². The lowest BCUT2D eigenvalue weighted by Crippen LogP contribution is -2.18. The van der Waals surface area contributed by atoms with E-state index in [0.717, 1.165) is 0 Å². The number of aliphatic hydroxyl groups is 1. The maximum Gasteiger partial charge on any atom is 0.339 e. The largest absolute Gasteiger partial charge is 0.462 e. The van der Waals surface area contributed by atoms with E-state index in [4.69, 9.17) is 28.8 Å². The number of hydrogen-bond acceptors (Lipinski definition) is 9. The van der Waals surface area contributed by atoms with Crippen LogP contribution in [0.5, 0.6) is 0 Å². The first-order valence-corrected chi connectivity index (χ1v) is 8.58. The lowest BCUT2D eigenvalue weighted by Gasteiger charge is -2.11. The molecule has 2 heterocycles. The molecule has 2 unspecified atom stereocenters. The average molecular weight is 380 g/mol. The summed E-state index contributed by atoms with van der Waals surface area (Å²) in [6, 6.07) is 3.93. The van der Waals surface area contributed by atoms with Gasteiger partial charge in [-0.05, 0) is 18.2 Å². The molecule has 2 saturated heterocycles. The van der Waals surface area contributed by atoms with Crippen molar-refractivity contribution >= 4 is 17.9 Å². The number of rotatable bonds is 10. The smallest absolute Gasteiger partial charge is 0.339 e. The number of benzene rings is 1. The first-order valence-electron chi connectivity index (χ1n) is 8.58. The Hall–Kier alpha value is -2.49. The highest BCUT2D eigenvalue weighted by Crippen LogP contribution is 2.19. The van der Waals surface area contributed by atoms with Crippen LogP contribution in [-0.4, -0.2) is 74.9 Å². The van der Waals surface area contributed by atoms with E-state index in [1.807, 2.05) is 0 Å². The molecule has 0 amide bonds. The minimum absolute atomic E-state index is 0.00993. The van der Waals surface area contributed by atoms with Crippen molar-refractivity contribution in [2.45, 2.75) is 18.6 Å². The Labute approximate surface area is 155 Å². The summed E-state index contributed by atoms with van der Waals surface area (Å²) in [6.45, 7) is 1.13. The quantitative estimate of drug-likeness (QED) is 0.265. The van der Waals surface area contributed by atoms with Gasteiger partial charge in [-0.2, -0.15) is 0 Å². The van der Waals surface area contributed by atoms with Crippen molar-refractivity contribution in [1.82, 2.24) is 0 Å². The van der Waals surface area contributed by atoms with Crippen molar-refractivity contribution in [1.29, 1.82) is 0 Å². The summed E-state index contributed by atoms with van der Waals surface area (Å²) in [6.07, 6.45) is 0.0514. The Kier molecular flexibility index (Phi) is 6.38. The van der Waals surface area contributed by atoms with Crippen LogP contribution in [0.25, 0.3) is 0 Å². The first-order chi connectivity index (χ1) is 13.1. The zero-order valence-electron chi connectivity index (χ0n) is 14.5. The molecule has 1 N–H and O–H groups in total. The standard InChI is InChI=1S/C18H20O9/c19-4-1-5-23-16(20)11-2-3-14(17(21)26-9-12-7-24-12)15(6-11)18(22)27-10-13-8-25-13/h2-3,6,12-13,19H,1,4-5,7-10H2. The molecule has 27 heavy (non-hydrogen) atoms. The van der Waals surface area contributed by atoms with Crippen LogP contribution in [-0.2, 0) is 23.7 Å². The molecular weight excluding hydrogens is 360 g/mol. The fraction of sp³-hybridized carbons (Fsp3) is 0.500. The predicted octanol–water partition coefficient (Wildman–Crippen LogP) is 0.337. The molecule has 146 valence electrons. The SMILES string of the molecule is O=C(OCCCO)c1ccc(C(=O)OCC2CO2)c(C(=O)OCC2CO2)c1. The normalized spacial score (nSPS) is 19.9. The van der Waals surface area contributed by atoms with Crippen molar-refractivity contribution in [3.8, 4) is 0 Å². The second-order valence-corrected chi connectivity index (χ2v) is 6.08. The third-order valence-electron chi connectivity index (χ3n) is 3.84. The molecule has 9 nitrogen and oxygen atoms in total. The molecule has 0 saturated carbocycles. The van der Waals surface area contributed by atoms with Crippen molar-refractivity contribution in [2.75, 3.05) is 39.6 Å². The van der Waals surface area contributed by atoms with Gasteiger partial charge in [0.1, 0.15) is 25.4 Å². The highest BCUT2D eigenvalue weighted by Gasteiger charge is 2.29. The van der Waals surface area contributed by atoms with E-state index in [2.05, 4.69) is 0 Å². The van der Waals surface area contributed by atoms with Crippen LogP contribution in [0.2, 0.25) is 0 Å². The number of carbonyl (C=O) groups is 3. The van der Waals surface area contributed by atoms with Crippen LogP contribution in [0, 0.1) is 0 Å². The van der Waals surface area contributed by atoms with Crippen molar-refractivity contribution in [3.05, 3.63) is 34.9 Å². The fourth-order valence-corrected chi connectivity index (χ4v) is 2.15. The van der Waals surface area contributed by atoms with Crippen molar-refractivity contribution < 1.29 is 43.2 Å². The fourth-order valence-electron chi connectivity index (χ4n) is 2.15. The number of aliphatic hydroxyl groups excluding tert-OH is 1. The van der Waals surface area contributed by atoms with Crippen molar-refractivity contribution in [2.24, 2.45) is 0 Å². The van der Waals surface area contributed by atoms with Gasteiger partial charge < -0.3 is 28.8 Å². The molecule has 0 radical (unpaired) electrons. The van der Waals surface area contributed by atoms with Gasteiger partial charge in [0, 0.05) is 13.0 Å². The average Bonchev–Trinajstić information content (AvgIpc) is 3.58. The third-order valence-corrected chi connectivity index (χ3v) is 3.84. The Morgan fingerprint density at radius 1 is 0.926 bits per heavy atom. The lowest BCUT2D eigenvalue weighted by atomic mass is 10.0. The van der Waals surface area contributed by atoms with Crippen LogP contribution >= 0.6 is 0 Å². The topological polar surface area (TPSA) is 124 Å². The molecule has 3 rings (SSSR count). The molecule has 1 aromatic rings. The minimum atomic E-state index is -0.759. The highest BCUT2D eigenvalue weighted by atomic mass is 16.6. The third kappa shape index (κ3) is 5.75. The summed E-state index contributed by atoms with van der Waals surface area (Å²) in [5, 5.41) is 8.74. The highest BCUT2D eigenvalue weighted by molar-refractivity contribution is 6.05. The molecule has 0 aromatic heterocycles. The second-order valence-electron chi connectivity index (χ2n) is 6.08. The van der Waals surface area contributed by atoms with E-state index in [1.165, 1.54) is 18.2 Å². The Bertz CT molecular complexity index is 707. The van der Waals surface area contributed by atoms with E-state index < -0.39 is 17.9 Å². The lowest BCUT2D eigenvalue weighted by molar-refractivity contribution is 0.0428. The van der Waals surface area contributed by atoms with Crippen LogP contribution in [0.3, 0.4) is 0 Å². The van der Waals surface area contributed by atoms with Gasteiger partial charge in [-0.3, -0.25) is 0 Å². The van der Waals surface area contributed by atoms with E-state index in [-0.39, 0.29) is 55.3 Å². The molecule has 0 spiro atoms. The van der Waals surface area contributed by atoms with Crippen molar-refractivity contribution in [3.63, 3.8) is 0 Å². The summed E-state index contributed by atoms with van der Waals surface area (Å²) in [4.78, 5) is 36.7. The molecule has 9 heteroatoms. The summed E-state index contributed by atoms with van der Waals surface area (Å²) < 4.78 is 25.2. The zero-order chi connectivity index (χ0) is 19.2. The Balaban J connectivity index is 1.73. The zero-order valence-corrected chi connectivity index (χ0v) is 14.5. The molecule has 0 bridgehead atoms. The Morgan fingerprint density at radius 2 is 1.52 bits per heavy atom. The van der Waals surface area contributed by atoms with Gasteiger partial charge >= 0.3 is 17.9 Å². The monoisotopic (exact) mass is 380 g/mol. The van der Waals surface area contributed by atoms with Gasteiger partial charge in [-0.15, -0.1) is 0 Å². The van der Waals surface area contributed by atoms with Crippen LogP contribution in [0.15, 0.2) is 18.2 Å². The predicted molar refractivity (Wildman–Crippen MR) is 88.5 cm³/mol. The number of ether oxygens (including phenoxy) is 5. The number of carbonyl (C=O) groups excluding carboxylic acids is 3. The van der Waals surface area contributed by atoms with Gasteiger partial charge in [0.25, 0.3) is 0 Å². The van der Waals surface area contributed by atoms with Crippen LogP contribution < -0.4 is 0 Å². The minimum Gasteiger partial charge on any atom is -0.462 e. The molecule has 2 atom stereocenters. The molecule has 2 aliphatic heterocycles. The summed E-state index contributed by atoms with van der Waals surface area (Å²) >= 11 is 0. The first kappa shape index (κ1) is 19.3. The maximum atomic E-state index is 12.4. The van der Waals surface area contributed by atoms with Gasteiger partial charge in [0.2, 0.25) is 0 Å². The molecule has 0 aliphatic carbocycles. The molecular formula is C18H20O9. The molecule has 1 aromatic carbocycles. The number of esters is 3. The maximum absolute atomic E-state index is 12.4. The van der Waals surface area contributed by atoms with E-state index in [1.54, 1.807) is 0 Å². The van der Waals surface area contributed by atoms with Crippen LogP contribution in [0.4, 0.5) is 0 Å². The second kappa shape index (κ2) is 8.94. The number of hydrogen-bond donors (Lipinski definition) is 1. The van der Waals surface area contributed by atoms with E-state index in [9.17, 15) is 14.4 Å². The molecule has 2 aliphatic rings.